The number of nitrogens with zero attached hydrogens (tertiary/aromatic N) is 2. The Morgan fingerprint density at radius 3 is 2.63 bits per heavy atom. The molecule has 4 rings (SSSR count). The molecule has 1 atom stereocenters. The van der Waals surface area contributed by atoms with E-state index in [-0.39, 0.29) is 29.9 Å². The molecule has 152 valence electrons. The van der Waals surface area contributed by atoms with E-state index in [1.807, 2.05) is 6.07 Å². The number of hydrogen-bond acceptors (Lipinski definition) is 6. The van der Waals surface area contributed by atoms with Gasteiger partial charge in [0.05, 0.1) is 22.3 Å². The average molecular weight is 426 g/mol. The number of halogens is 1. The van der Waals surface area contributed by atoms with Gasteiger partial charge in [0.25, 0.3) is 11.5 Å². The first kappa shape index (κ1) is 19.8. The fourth-order valence-electron chi connectivity index (χ4n) is 3.46. The first-order valence-corrected chi connectivity index (χ1v) is 9.53. The van der Waals surface area contributed by atoms with Crippen LogP contribution in [0.1, 0.15) is 18.4 Å². The number of benzene rings is 2. The highest BCUT2D eigenvalue weighted by Crippen LogP contribution is 2.29. The molecule has 2 amide bonds. The van der Waals surface area contributed by atoms with Gasteiger partial charge in [-0.2, -0.15) is 0 Å². The van der Waals surface area contributed by atoms with Crippen molar-refractivity contribution in [2.45, 2.75) is 25.0 Å². The number of carbonyl (C=O) groups is 3. The quantitative estimate of drug-likeness (QED) is 0.389. The Bertz CT molecular complexity index is 1220. The lowest BCUT2D eigenvalue weighted by atomic mass is 9.88. The summed E-state index contributed by atoms with van der Waals surface area (Å²) in [4.78, 5) is 55.2. The number of hydrogen-bond donors (Lipinski definition) is 1. The molecule has 8 nitrogen and oxygen atoms in total. The molecule has 2 aromatic carbocycles. The first-order chi connectivity index (χ1) is 14.4. The summed E-state index contributed by atoms with van der Waals surface area (Å²) in [5.41, 5.74) is -1.71. The highest BCUT2D eigenvalue weighted by Gasteiger charge is 2.53. The van der Waals surface area contributed by atoms with Crippen LogP contribution in [0.25, 0.3) is 10.9 Å². The third-order valence-corrected chi connectivity index (χ3v) is 5.36. The van der Waals surface area contributed by atoms with Crippen LogP contribution >= 0.6 is 11.6 Å². The van der Waals surface area contributed by atoms with Crippen LogP contribution in [0.15, 0.2) is 59.7 Å². The number of amides is 2. The van der Waals surface area contributed by atoms with Crippen LogP contribution in [0, 0.1) is 0 Å². The van der Waals surface area contributed by atoms with Gasteiger partial charge in [0.15, 0.2) is 0 Å². The summed E-state index contributed by atoms with van der Waals surface area (Å²) in [5, 5.41) is 2.35. The molecule has 0 aliphatic carbocycles. The standard InChI is InChI=1S/C21H16ClN3O5/c22-14-7-4-8-15-17(14)18(27)25(12-23-15)21(10-9-16(26)24-19(21)28)20(29)30-11-13-5-2-1-3-6-13/h1-8,12H,9-11H2,(H,24,26,28)/t21-/m1/s1. The molecule has 0 spiro atoms. The van der Waals surface area contributed by atoms with E-state index in [4.69, 9.17) is 16.3 Å². The van der Waals surface area contributed by atoms with Crippen LogP contribution in [0.4, 0.5) is 0 Å². The van der Waals surface area contributed by atoms with E-state index in [1.165, 1.54) is 6.07 Å². The molecule has 1 N–H and O–H groups in total. The van der Waals surface area contributed by atoms with E-state index in [9.17, 15) is 19.2 Å². The third kappa shape index (κ3) is 3.25. The first-order valence-electron chi connectivity index (χ1n) is 9.15. The van der Waals surface area contributed by atoms with E-state index in [2.05, 4.69) is 10.3 Å². The summed E-state index contributed by atoms with van der Waals surface area (Å²) in [6, 6.07) is 13.6. The van der Waals surface area contributed by atoms with Crippen molar-refractivity contribution in [2.24, 2.45) is 0 Å². The van der Waals surface area contributed by atoms with Gasteiger partial charge in [-0.3, -0.25) is 24.3 Å². The number of rotatable bonds is 4. The second-order valence-electron chi connectivity index (χ2n) is 6.85. The second kappa shape index (κ2) is 7.72. The normalized spacial score (nSPS) is 18.8. The van der Waals surface area contributed by atoms with Crippen molar-refractivity contribution in [1.29, 1.82) is 0 Å². The highest BCUT2D eigenvalue weighted by atomic mass is 35.5. The van der Waals surface area contributed by atoms with Crippen molar-refractivity contribution in [3.63, 3.8) is 0 Å². The summed E-state index contributed by atoms with van der Waals surface area (Å²) >= 11 is 6.17. The van der Waals surface area contributed by atoms with Gasteiger partial charge in [0.1, 0.15) is 6.61 Å². The molecule has 0 radical (unpaired) electrons. The molecule has 2 heterocycles. The lowest BCUT2D eigenvalue weighted by Gasteiger charge is -2.34. The van der Waals surface area contributed by atoms with E-state index < -0.39 is 28.9 Å². The van der Waals surface area contributed by atoms with Crippen molar-refractivity contribution in [1.82, 2.24) is 14.9 Å². The van der Waals surface area contributed by atoms with E-state index in [0.717, 1.165) is 10.9 Å². The summed E-state index contributed by atoms with van der Waals surface area (Å²) in [7, 11) is 0. The zero-order valence-electron chi connectivity index (χ0n) is 15.6. The van der Waals surface area contributed by atoms with Crippen molar-refractivity contribution in [3.05, 3.63) is 75.8 Å². The topological polar surface area (TPSA) is 107 Å². The van der Waals surface area contributed by atoms with Gasteiger partial charge in [-0.05, 0) is 24.1 Å². The maximum Gasteiger partial charge on any atom is 0.342 e. The van der Waals surface area contributed by atoms with Crippen LogP contribution in [0.5, 0.6) is 0 Å². The van der Waals surface area contributed by atoms with Crippen LogP contribution in [-0.4, -0.2) is 27.3 Å². The minimum Gasteiger partial charge on any atom is -0.459 e. The second-order valence-corrected chi connectivity index (χ2v) is 7.26. The van der Waals surface area contributed by atoms with Gasteiger partial charge in [0.2, 0.25) is 11.4 Å². The smallest absolute Gasteiger partial charge is 0.342 e. The van der Waals surface area contributed by atoms with Crippen LogP contribution < -0.4 is 10.9 Å². The van der Waals surface area contributed by atoms with Crippen molar-refractivity contribution >= 4 is 40.3 Å². The van der Waals surface area contributed by atoms with Crippen molar-refractivity contribution in [2.75, 3.05) is 0 Å². The molecule has 0 unspecified atom stereocenters. The number of piperidine rings is 1. The summed E-state index contributed by atoms with van der Waals surface area (Å²) in [5.74, 6) is -2.43. The minimum atomic E-state index is -2.07. The van der Waals surface area contributed by atoms with Crippen molar-refractivity contribution in [3.8, 4) is 0 Å². The van der Waals surface area contributed by atoms with Gasteiger partial charge >= 0.3 is 5.97 Å². The molecule has 3 aromatic rings. The Balaban J connectivity index is 1.82. The fourth-order valence-corrected chi connectivity index (χ4v) is 3.71. The largest absolute Gasteiger partial charge is 0.459 e. The molecule has 1 aliphatic rings. The predicted molar refractivity (Wildman–Crippen MR) is 108 cm³/mol. The van der Waals surface area contributed by atoms with E-state index in [0.29, 0.717) is 11.1 Å². The molecule has 0 bridgehead atoms. The molecule has 30 heavy (non-hydrogen) atoms. The third-order valence-electron chi connectivity index (χ3n) is 5.04. The van der Waals surface area contributed by atoms with Gasteiger partial charge < -0.3 is 4.74 Å². The maximum absolute atomic E-state index is 13.2. The number of carbonyl (C=O) groups excluding carboxylic acids is 3. The maximum atomic E-state index is 13.2. The average Bonchev–Trinajstić information content (AvgIpc) is 2.74. The zero-order valence-corrected chi connectivity index (χ0v) is 16.4. The van der Waals surface area contributed by atoms with Crippen LogP contribution in [0.3, 0.4) is 0 Å². The number of fused-ring (bicyclic) bond motifs is 1. The minimum absolute atomic E-state index is 0.0709. The zero-order chi connectivity index (χ0) is 21.3. The summed E-state index contributed by atoms with van der Waals surface area (Å²) < 4.78 is 6.31. The van der Waals surface area contributed by atoms with Gasteiger partial charge in [-0.25, -0.2) is 9.78 Å². The van der Waals surface area contributed by atoms with Gasteiger partial charge in [-0.15, -0.1) is 0 Å². The Morgan fingerprint density at radius 1 is 1.13 bits per heavy atom. The predicted octanol–water partition coefficient (Wildman–Crippen LogP) is 1.93. The van der Waals surface area contributed by atoms with Crippen LogP contribution in [-0.2, 0) is 31.3 Å². The van der Waals surface area contributed by atoms with Crippen LogP contribution in [0.2, 0.25) is 5.02 Å². The highest BCUT2D eigenvalue weighted by molar-refractivity contribution is 6.35. The lowest BCUT2D eigenvalue weighted by molar-refractivity contribution is -0.164. The molecule has 1 saturated heterocycles. The fraction of sp³-hybridized carbons (Fsp3) is 0.190. The van der Waals surface area contributed by atoms with E-state index in [1.54, 1.807) is 36.4 Å². The molecular formula is C21H16ClN3O5. The number of aromatic nitrogens is 2. The molecule has 1 aliphatic heterocycles. The molecule has 1 aromatic heterocycles. The monoisotopic (exact) mass is 425 g/mol. The summed E-state index contributed by atoms with van der Waals surface area (Å²) in [6.07, 6.45) is 0.738. The summed E-state index contributed by atoms with van der Waals surface area (Å²) in [6.45, 7) is -0.0980. The molecular weight excluding hydrogens is 410 g/mol. The molecule has 0 saturated carbocycles. The number of imide groups is 1. The van der Waals surface area contributed by atoms with Crippen molar-refractivity contribution < 1.29 is 19.1 Å². The molecule has 1 fully saturated rings. The molecule has 9 heteroatoms. The number of nitrogens with one attached hydrogen (secondary N) is 1. The Kier molecular flexibility index (Phi) is 5.09. The SMILES string of the molecule is O=C1CC[C@@](C(=O)OCc2ccccc2)(n2cnc3cccc(Cl)c3c2=O)C(=O)N1. The lowest BCUT2D eigenvalue weighted by Crippen LogP contribution is -2.62. The van der Waals surface area contributed by atoms with Gasteiger partial charge in [0, 0.05) is 6.42 Å². The number of ether oxygens (including phenoxy) is 1. The Hall–Kier alpha value is -3.52. The number of esters is 1. The van der Waals surface area contributed by atoms with E-state index >= 15 is 0 Å². The Morgan fingerprint density at radius 2 is 1.90 bits per heavy atom. The Labute approximate surface area is 175 Å². The van der Waals surface area contributed by atoms with Gasteiger partial charge in [-0.1, -0.05) is 48.0 Å².